The summed E-state index contributed by atoms with van der Waals surface area (Å²) in [5.74, 6) is 0.791. The minimum Gasteiger partial charge on any atom is -0.497 e. The van der Waals surface area contributed by atoms with Gasteiger partial charge in [-0.1, -0.05) is 18.2 Å². The van der Waals surface area contributed by atoms with Crippen molar-refractivity contribution in [1.82, 2.24) is 4.98 Å². The Balaban J connectivity index is 2.22. The zero-order valence-corrected chi connectivity index (χ0v) is 13.0. The van der Waals surface area contributed by atoms with Crippen LogP contribution in [0.2, 0.25) is 0 Å². The van der Waals surface area contributed by atoms with Gasteiger partial charge in [0.1, 0.15) is 16.4 Å². The Bertz CT molecular complexity index is 928. The molecule has 1 aromatic heterocycles. The summed E-state index contributed by atoms with van der Waals surface area (Å²) in [6.45, 7) is 0. The molecular formula is C16H15NO4S. The third kappa shape index (κ3) is 2.21. The number of aromatic amines is 1. The molecule has 0 radical (unpaired) electrons. The lowest BCUT2D eigenvalue weighted by Crippen LogP contribution is -2.04. The van der Waals surface area contributed by atoms with E-state index < -0.39 is 9.84 Å². The minimum absolute atomic E-state index is 0.112. The third-order valence-corrected chi connectivity index (χ3v) is 5.33. The summed E-state index contributed by atoms with van der Waals surface area (Å²) in [5, 5.41) is 0.653. The van der Waals surface area contributed by atoms with Crippen LogP contribution in [-0.2, 0) is 9.84 Å². The minimum atomic E-state index is -3.70. The van der Waals surface area contributed by atoms with Gasteiger partial charge in [0.2, 0.25) is 9.84 Å². The van der Waals surface area contributed by atoms with E-state index in [2.05, 4.69) is 4.98 Å². The summed E-state index contributed by atoms with van der Waals surface area (Å²) in [6, 6.07) is 11.9. The van der Waals surface area contributed by atoms with E-state index in [1.54, 1.807) is 24.3 Å². The van der Waals surface area contributed by atoms with Crippen LogP contribution in [0.5, 0.6) is 11.5 Å². The Hall–Kier alpha value is -2.47. The molecule has 0 fully saturated rings. The number of methoxy groups -OCH3 is 2. The first kappa shape index (κ1) is 14.5. The number of aromatic nitrogens is 1. The molecule has 2 aromatic carbocycles. The normalized spacial score (nSPS) is 11.5. The van der Waals surface area contributed by atoms with Gasteiger partial charge in [-0.05, 0) is 18.2 Å². The molecule has 1 N–H and O–H groups in total. The largest absolute Gasteiger partial charge is 0.497 e. The van der Waals surface area contributed by atoms with E-state index in [-0.39, 0.29) is 15.5 Å². The van der Waals surface area contributed by atoms with Gasteiger partial charge in [0.15, 0.2) is 0 Å². The van der Waals surface area contributed by atoms with Gasteiger partial charge >= 0.3 is 0 Å². The molecule has 0 spiro atoms. The molecule has 6 heteroatoms. The van der Waals surface area contributed by atoms with Gasteiger partial charge in [-0.3, -0.25) is 0 Å². The van der Waals surface area contributed by atoms with E-state index in [0.717, 1.165) is 5.52 Å². The number of hydrogen-bond donors (Lipinski definition) is 1. The van der Waals surface area contributed by atoms with Crippen LogP contribution in [0, 0.1) is 0 Å². The molecule has 3 aromatic rings. The van der Waals surface area contributed by atoms with Crippen molar-refractivity contribution in [1.29, 1.82) is 0 Å². The lowest BCUT2D eigenvalue weighted by molar-refractivity contribution is 0.386. The molecule has 0 saturated carbocycles. The number of sulfone groups is 1. The maximum absolute atomic E-state index is 12.9. The van der Waals surface area contributed by atoms with E-state index in [0.29, 0.717) is 11.1 Å². The van der Waals surface area contributed by atoms with Crippen molar-refractivity contribution in [2.45, 2.75) is 9.79 Å². The van der Waals surface area contributed by atoms with Gasteiger partial charge in [-0.15, -0.1) is 0 Å². The molecule has 0 bridgehead atoms. The fourth-order valence-electron chi connectivity index (χ4n) is 2.38. The van der Waals surface area contributed by atoms with Crippen LogP contribution in [0.15, 0.2) is 58.5 Å². The summed E-state index contributed by atoms with van der Waals surface area (Å²) in [7, 11) is -0.752. The molecular weight excluding hydrogens is 302 g/mol. The van der Waals surface area contributed by atoms with Crippen LogP contribution in [-0.4, -0.2) is 27.6 Å². The summed E-state index contributed by atoms with van der Waals surface area (Å²) in [4.78, 5) is 3.32. The fourth-order valence-corrected chi connectivity index (χ4v) is 3.96. The molecule has 1 heterocycles. The monoisotopic (exact) mass is 317 g/mol. The molecule has 0 atom stereocenters. The van der Waals surface area contributed by atoms with Crippen molar-refractivity contribution in [3.8, 4) is 11.5 Å². The highest BCUT2D eigenvalue weighted by Gasteiger charge is 2.25. The van der Waals surface area contributed by atoms with Crippen LogP contribution >= 0.6 is 0 Å². The second-order valence-corrected chi connectivity index (χ2v) is 6.61. The van der Waals surface area contributed by atoms with E-state index in [4.69, 9.17) is 9.47 Å². The maximum atomic E-state index is 12.9. The van der Waals surface area contributed by atoms with Gasteiger partial charge in [0.05, 0.1) is 19.1 Å². The van der Waals surface area contributed by atoms with Crippen molar-refractivity contribution in [2.75, 3.05) is 14.2 Å². The number of benzene rings is 2. The summed E-state index contributed by atoms with van der Waals surface area (Å²) >= 11 is 0. The third-order valence-electron chi connectivity index (χ3n) is 3.50. The first-order valence-electron chi connectivity index (χ1n) is 6.61. The van der Waals surface area contributed by atoms with Crippen LogP contribution in [0.25, 0.3) is 10.9 Å². The molecule has 3 rings (SSSR count). The molecule has 0 aliphatic heterocycles. The summed E-state index contributed by atoms with van der Waals surface area (Å²) in [5.41, 5.74) is 0.772. The van der Waals surface area contributed by atoms with E-state index in [9.17, 15) is 8.42 Å². The molecule has 22 heavy (non-hydrogen) atoms. The number of hydrogen-bond acceptors (Lipinski definition) is 4. The highest BCUT2D eigenvalue weighted by Crippen LogP contribution is 2.35. The van der Waals surface area contributed by atoms with Gasteiger partial charge in [-0.2, -0.15) is 0 Å². The van der Waals surface area contributed by atoms with Crippen LogP contribution in [0.4, 0.5) is 0 Å². The standard InChI is InChI=1S/C16H15NO4S/c1-20-11-7-8-15(14(9-11)21-2)22(18,19)16-10-17-13-6-4-3-5-12(13)16/h3-10,17H,1-2H3. The predicted molar refractivity (Wildman–Crippen MR) is 83.3 cm³/mol. The Labute approximate surface area is 128 Å². The number of fused-ring (bicyclic) bond motifs is 1. The van der Waals surface area contributed by atoms with Gasteiger partial charge in [0.25, 0.3) is 0 Å². The maximum Gasteiger partial charge on any atom is 0.212 e. The average molecular weight is 317 g/mol. The zero-order chi connectivity index (χ0) is 15.7. The average Bonchev–Trinajstić information content (AvgIpc) is 2.99. The zero-order valence-electron chi connectivity index (χ0n) is 12.2. The summed E-state index contributed by atoms with van der Waals surface area (Å²) < 4.78 is 36.2. The number of para-hydroxylation sites is 1. The van der Waals surface area contributed by atoms with Crippen molar-refractivity contribution in [2.24, 2.45) is 0 Å². The van der Waals surface area contributed by atoms with Crippen molar-refractivity contribution in [3.05, 3.63) is 48.7 Å². The molecule has 114 valence electrons. The lowest BCUT2D eigenvalue weighted by Gasteiger charge is -2.10. The molecule has 0 aliphatic rings. The number of H-pyrrole nitrogens is 1. The van der Waals surface area contributed by atoms with E-state index >= 15 is 0 Å². The second-order valence-electron chi connectivity index (χ2n) is 4.72. The number of rotatable bonds is 4. The Morgan fingerprint density at radius 2 is 1.73 bits per heavy atom. The fraction of sp³-hybridized carbons (Fsp3) is 0.125. The highest BCUT2D eigenvalue weighted by molar-refractivity contribution is 7.91. The molecule has 0 saturated heterocycles. The van der Waals surface area contributed by atoms with Gasteiger partial charge in [-0.25, -0.2) is 8.42 Å². The van der Waals surface area contributed by atoms with E-state index in [1.807, 2.05) is 12.1 Å². The Kier molecular flexibility index (Phi) is 3.54. The highest BCUT2D eigenvalue weighted by atomic mass is 32.2. The molecule has 0 unspecified atom stereocenters. The topological polar surface area (TPSA) is 68.4 Å². The Morgan fingerprint density at radius 3 is 2.45 bits per heavy atom. The van der Waals surface area contributed by atoms with Gasteiger partial charge in [0, 0.05) is 23.2 Å². The molecule has 0 aliphatic carbocycles. The first-order valence-corrected chi connectivity index (χ1v) is 8.09. The second kappa shape index (κ2) is 5.38. The SMILES string of the molecule is COc1ccc(S(=O)(=O)c2c[nH]c3ccccc23)c(OC)c1. The lowest BCUT2D eigenvalue weighted by atomic mass is 10.2. The van der Waals surface area contributed by atoms with Gasteiger partial charge < -0.3 is 14.5 Å². The number of ether oxygens (including phenoxy) is 2. The smallest absolute Gasteiger partial charge is 0.212 e. The van der Waals surface area contributed by atoms with Crippen LogP contribution in [0.1, 0.15) is 0 Å². The predicted octanol–water partition coefficient (Wildman–Crippen LogP) is 3.02. The molecule has 5 nitrogen and oxygen atoms in total. The first-order chi connectivity index (χ1) is 10.6. The quantitative estimate of drug-likeness (QED) is 0.803. The number of nitrogens with one attached hydrogen (secondary N) is 1. The summed E-state index contributed by atoms with van der Waals surface area (Å²) in [6.07, 6.45) is 1.50. The van der Waals surface area contributed by atoms with Crippen LogP contribution < -0.4 is 9.47 Å². The van der Waals surface area contributed by atoms with Crippen molar-refractivity contribution >= 4 is 20.7 Å². The van der Waals surface area contributed by atoms with Crippen molar-refractivity contribution in [3.63, 3.8) is 0 Å². The molecule has 0 amide bonds. The Morgan fingerprint density at radius 1 is 0.955 bits per heavy atom. The van der Waals surface area contributed by atoms with Crippen molar-refractivity contribution < 1.29 is 17.9 Å². The van der Waals surface area contributed by atoms with E-state index in [1.165, 1.54) is 26.5 Å². The van der Waals surface area contributed by atoms with Crippen LogP contribution in [0.3, 0.4) is 0 Å².